The van der Waals surface area contributed by atoms with E-state index in [1.807, 2.05) is 60.7 Å². The summed E-state index contributed by atoms with van der Waals surface area (Å²) in [6.45, 7) is 5.40. The van der Waals surface area contributed by atoms with Crippen LogP contribution in [0.15, 0.2) is 84.9 Å². The van der Waals surface area contributed by atoms with Crippen LogP contribution in [0.2, 0.25) is 0 Å². The van der Waals surface area contributed by atoms with Crippen LogP contribution in [0.5, 0.6) is 0 Å². The Balaban J connectivity index is 2.12. The predicted octanol–water partition coefficient (Wildman–Crippen LogP) is 4.07. The predicted molar refractivity (Wildman–Crippen MR) is 137 cm³/mol. The third-order valence-corrected chi connectivity index (χ3v) is 5.54. The topological polar surface area (TPSA) is 122 Å². The number of ether oxygens (including phenoxy) is 2. The maximum absolute atomic E-state index is 13.2. The summed E-state index contributed by atoms with van der Waals surface area (Å²) in [6.07, 6.45) is 0.0237. The van der Waals surface area contributed by atoms with E-state index in [1.165, 1.54) is 0 Å². The molecule has 0 fully saturated rings. The first-order valence-electron chi connectivity index (χ1n) is 11.7. The van der Waals surface area contributed by atoms with Gasteiger partial charge in [0.15, 0.2) is 5.60 Å². The third-order valence-electron chi connectivity index (χ3n) is 5.54. The Bertz CT molecular complexity index is 1150. The molecule has 3 aromatic rings. The minimum Gasteiger partial charge on any atom is -0.456 e. The van der Waals surface area contributed by atoms with E-state index < -0.39 is 35.1 Å². The average Bonchev–Trinajstić information content (AvgIpc) is 2.86. The van der Waals surface area contributed by atoms with Crippen LogP contribution in [0.3, 0.4) is 0 Å². The van der Waals surface area contributed by atoms with Crippen molar-refractivity contribution in [1.29, 1.82) is 0 Å². The van der Waals surface area contributed by atoms with E-state index in [-0.39, 0.29) is 12.8 Å². The van der Waals surface area contributed by atoms with Crippen LogP contribution >= 0.6 is 0 Å². The lowest BCUT2D eigenvalue weighted by molar-refractivity contribution is -0.155. The average molecular weight is 489 g/mol. The van der Waals surface area contributed by atoms with E-state index in [0.29, 0.717) is 22.3 Å². The summed E-state index contributed by atoms with van der Waals surface area (Å²) in [5.74, 6) is -1.68. The van der Waals surface area contributed by atoms with E-state index in [2.05, 4.69) is 0 Å². The highest BCUT2D eigenvalue weighted by Crippen LogP contribution is 2.41. The maximum atomic E-state index is 13.2. The van der Waals surface area contributed by atoms with Gasteiger partial charge in [-0.2, -0.15) is 0 Å². The zero-order valence-corrected chi connectivity index (χ0v) is 20.8. The second kappa shape index (κ2) is 11.2. The molecule has 0 aliphatic carbocycles. The van der Waals surface area contributed by atoms with Crippen molar-refractivity contribution in [2.75, 3.05) is 0 Å². The van der Waals surface area contributed by atoms with Gasteiger partial charge in [0.2, 0.25) is 5.91 Å². The summed E-state index contributed by atoms with van der Waals surface area (Å²) in [6, 6.07) is 24.3. The number of nitrogens with two attached hydrogens (primary N) is 2. The van der Waals surface area contributed by atoms with Crippen LogP contribution < -0.4 is 11.5 Å². The first-order valence-corrected chi connectivity index (χ1v) is 11.7. The molecule has 0 spiro atoms. The Kier molecular flexibility index (Phi) is 8.27. The quantitative estimate of drug-likeness (QED) is 0.346. The zero-order chi connectivity index (χ0) is 26.3. The molecule has 3 aromatic carbocycles. The highest BCUT2D eigenvalue weighted by molar-refractivity contribution is 5.89. The fourth-order valence-corrected chi connectivity index (χ4v) is 3.84. The first kappa shape index (κ1) is 26.6. The summed E-state index contributed by atoms with van der Waals surface area (Å²) in [5.41, 5.74) is 11.7. The van der Waals surface area contributed by atoms with Crippen molar-refractivity contribution >= 4 is 17.8 Å². The number of esters is 2. The van der Waals surface area contributed by atoms with Gasteiger partial charge in [0.05, 0.1) is 5.56 Å². The van der Waals surface area contributed by atoms with Gasteiger partial charge < -0.3 is 20.9 Å². The summed E-state index contributed by atoms with van der Waals surface area (Å²) < 4.78 is 11.7. The molecule has 3 rings (SSSR count). The summed E-state index contributed by atoms with van der Waals surface area (Å²) in [4.78, 5) is 37.1. The van der Waals surface area contributed by atoms with E-state index in [1.54, 1.807) is 45.0 Å². The normalized spacial score (nSPS) is 12.4. The number of primary amides is 1. The largest absolute Gasteiger partial charge is 0.456 e. The SMILES string of the molecule is CC(C)(C)OC(=O)c1ccc(C(OC(=O)[C@H](N)CCC(N)=O)(c2ccccc2)c2ccccc2)cc1. The number of benzene rings is 3. The molecule has 0 unspecified atom stereocenters. The van der Waals surface area contributed by atoms with Crippen molar-refractivity contribution in [3.05, 3.63) is 107 Å². The Morgan fingerprint density at radius 1 is 0.750 bits per heavy atom. The van der Waals surface area contributed by atoms with Gasteiger partial charge in [-0.1, -0.05) is 72.8 Å². The second-order valence-electron chi connectivity index (χ2n) is 9.53. The van der Waals surface area contributed by atoms with Gasteiger partial charge in [0.1, 0.15) is 11.6 Å². The Morgan fingerprint density at radius 3 is 1.67 bits per heavy atom. The third kappa shape index (κ3) is 6.37. The summed E-state index contributed by atoms with van der Waals surface area (Å²) >= 11 is 0. The smallest absolute Gasteiger partial charge is 0.338 e. The number of carbonyl (C=O) groups is 3. The number of rotatable bonds is 9. The monoisotopic (exact) mass is 488 g/mol. The fourth-order valence-electron chi connectivity index (χ4n) is 3.84. The lowest BCUT2D eigenvalue weighted by Crippen LogP contribution is -2.42. The molecule has 7 nitrogen and oxygen atoms in total. The van der Waals surface area contributed by atoms with Gasteiger partial charge in [-0.15, -0.1) is 0 Å². The van der Waals surface area contributed by atoms with Crippen molar-refractivity contribution in [2.45, 2.75) is 50.9 Å². The molecule has 188 valence electrons. The lowest BCUT2D eigenvalue weighted by atomic mass is 9.79. The molecular weight excluding hydrogens is 456 g/mol. The molecule has 0 heterocycles. The van der Waals surface area contributed by atoms with Crippen LogP contribution in [-0.2, 0) is 24.7 Å². The van der Waals surface area contributed by atoms with Crippen molar-refractivity contribution in [3.63, 3.8) is 0 Å². The highest BCUT2D eigenvalue weighted by atomic mass is 16.6. The standard InChI is InChI=1S/C29H32N2O5/c1-28(2,3)35-26(33)20-14-16-23(17-15-20)29(21-10-6-4-7-11-21,22-12-8-5-9-13-22)36-27(34)24(30)18-19-25(31)32/h4-17,24H,18-19,30H2,1-3H3,(H2,31,32)/t24-/m1/s1. The van der Waals surface area contributed by atoms with Crippen LogP contribution in [0.1, 0.15) is 60.7 Å². The van der Waals surface area contributed by atoms with Crippen molar-refractivity contribution in [1.82, 2.24) is 0 Å². The van der Waals surface area contributed by atoms with E-state index in [4.69, 9.17) is 20.9 Å². The van der Waals surface area contributed by atoms with Crippen molar-refractivity contribution in [2.24, 2.45) is 11.5 Å². The molecule has 4 N–H and O–H groups in total. The Hall–Kier alpha value is -3.97. The van der Waals surface area contributed by atoms with Crippen LogP contribution in [-0.4, -0.2) is 29.5 Å². The van der Waals surface area contributed by atoms with E-state index in [0.717, 1.165) is 0 Å². The Labute approximate surface area is 211 Å². The van der Waals surface area contributed by atoms with Crippen molar-refractivity contribution in [3.8, 4) is 0 Å². The van der Waals surface area contributed by atoms with Gasteiger partial charge in [0, 0.05) is 23.1 Å². The number of hydrogen-bond donors (Lipinski definition) is 2. The second-order valence-corrected chi connectivity index (χ2v) is 9.53. The minimum atomic E-state index is -1.36. The van der Waals surface area contributed by atoms with Gasteiger partial charge in [-0.25, -0.2) is 4.79 Å². The molecule has 1 atom stereocenters. The van der Waals surface area contributed by atoms with Crippen LogP contribution in [0.4, 0.5) is 0 Å². The lowest BCUT2D eigenvalue weighted by Gasteiger charge is -2.36. The molecule has 0 aliphatic rings. The molecule has 36 heavy (non-hydrogen) atoms. The zero-order valence-electron chi connectivity index (χ0n) is 20.8. The Morgan fingerprint density at radius 2 is 1.22 bits per heavy atom. The van der Waals surface area contributed by atoms with Crippen molar-refractivity contribution < 1.29 is 23.9 Å². The molecule has 0 aromatic heterocycles. The fraction of sp³-hybridized carbons (Fsp3) is 0.276. The molecule has 0 bridgehead atoms. The molecule has 0 aliphatic heterocycles. The molecule has 1 amide bonds. The molecular formula is C29H32N2O5. The molecule has 0 saturated carbocycles. The number of carbonyl (C=O) groups excluding carboxylic acids is 3. The van der Waals surface area contributed by atoms with Crippen LogP contribution in [0, 0.1) is 0 Å². The first-order chi connectivity index (χ1) is 17.0. The van der Waals surface area contributed by atoms with Crippen LogP contribution in [0.25, 0.3) is 0 Å². The molecule has 0 radical (unpaired) electrons. The van der Waals surface area contributed by atoms with Gasteiger partial charge in [0.25, 0.3) is 0 Å². The highest BCUT2D eigenvalue weighted by Gasteiger charge is 2.41. The van der Waals surface area contributed by atoms with E-state index in [9.17, 15) is 14.4 Å². The maximum Gasteiger partial charge on any atom is 0.338 e. The summed E-state index contributed by atoms with van der Waals surface area (Å²) in [5, 5.41) is 0. The van der Waals surface area contributed by atoms with Gasteiger partial charge >= 0.3 is 11.9 Å². The molecule has 0 saturated heterocycles. The molecule has 7 heteroatoms. The number of amides is 1. The minimum absolute atomic E-state index is 0.0372. The van der Waals surface area contributed by atoms with Gasteiger partial charge in [-0.05, 0) is 39.3 Å². The van der Waals surface area contributed by atoms with E-state index >= 15 is 0 Å². The van der Waals surface area contributed by atoms with Gasteiger partial charge in [-0.3, -0.25) is 9.59 Å². The number of hydrogen-bond acceptors (Lipinski definition) is 6. The summed E-state index contributed by atoms with van der Waals surface area (Å²) in [7, 11) is 0.